The fourth-order valence-corrected chi connectivity index (χ4v) is 2.28. The van der Waals surface area contributed by atoms with Crippen LogP contribution in [0.5, 0.6) is 0 Å². The van der Waals surface area contributed by atoms with Crippen molar-refractivity contribution in [2.24, 2.45) is 5.92 Å². The number of hydrogen-bond acceptors (Lipinski definition) is 4. The molecule has 112 valence electrons. The second-order valence-electron chi connectivity index (χ2n) is 5.64. The number of aryl methyl sites for hydroxylation is 1. The Morgan fingerprint density at radius 3 is 2.73 bits per heavy atom. The predicted octanol–water partition coefficient (Wildman–Crippen LogP) is 2.97. The number of carbonyl (C=O) groups is 1. The standard InChI is InChI=1S/C17H18N4O/c1-12(2)17(22)6-3-13-10-20-21(11-13)14-4-5-15-16(9-14)19-8-7-18-15/h4-5,7-12H,3,6H2,1-2H3. The molecular weight excluding hydrogens is 276 g/mol. The van der Waals surface area contributed by atoms with Gasteiger partial charge in [0.25, 0.3) is 0 Å². The highest BCUT2D eigenvalue weighted by molar-refractivity contribution is 5.80. The molecule has 0 spiro atoms. The molecule has 1 aromatic carbocycles. The number of rotatable bonds is 5. The number of Topliss-reactive ketones (excluding diaryl/α,β-unsaturated/α-hetero) is 1. The van der Waals surface area contributed by atoms with Gasteiger partial charge >= 0.3 is 0 Å². The molecule has 0 fully saturated rings. The summed E-state index contributed by atoms with van der Waals surface area (Å²) in [6, 6.07) is 5.85. The van der Waals surface area contributed by atoms with E-state index in [1.54, 1.807) is 12.4 Å². The summed E-state index contributed by atoms with van der Waals surface area (Å²) < 4.78 is 1.81. The second kappa shape index (κ2) is 6.05. The van der Waals surface area contributed by atoms with Crippen molar-refractivity contribution in [3.8, 4) is 5.69 Å². The summed E-state index contributed by atoms with van der Waals surface area (Å²) in [4.78, 5) is 20.3. The van der Waals surface area contributed by atoms with Gasteiger partial charge in [-0.15, -0.1) is 0 Å². The Kier molecular flexibility index (Phi) is 3.96. The largest absolute Gasteiger partial charge is 0.299 e. The van der Waals surface area contributed by atoms with Crippen molar-refractivity contribution in [2.75, 3.05) is 0 Å². The van der Waals surface area contributed by atoms with Crippen LogP contribution < -0.4 is 0 Å². The van der Waals surface area contributed by atoms with E-state index in [0.29, 0.717) is 6.42 Å². The minimum absolute atomic E-state index is 0.0918. The molecule has 5 heteroatoms. The molecule has 0 bridgehead atoms. The van der Waals surface area contributed by atoms with Gasteiger partial charge in [-0.05, 0) is 30.2 Å². The minimum Gasteiger partial charge on any atom is -0.299 e. The Hall–Kier alpha value is -2.56. The normalized spacial score (nSPS) is 11.2. The molecule has 2 heterocycles. The Bertz CT molecular complexity index is 807. The highest BCUT2D eigenvalue weighted by Gasteiger charge is 2.09. The number of benzene rings is 1. The van der Waals surface area contributed by atoms with Crippen LogP contribution in [-0.4, -0.2) is 25.5 Å². The first-order chi connectivity index (χ1) is 10.6. The molecule has 0 aliphatic heterocycles. The zero-order valence-electron chi connectivity index (χ0n) is 12.7. The fourth-order valence-electron chi connectivity index (χ4n) is 2.28. The molecule has 3 aromatic rings. The quantitative estimate of drug-likeness (QED) is 0.726. The van der Waals surface area contributed by atoms with Crippen molar-refractivity contribution in [2.45, 2.75) is 26.7 Å². The van der Waals surface area contributed by atoms with Crippen molar-refractivity contribution in [1.82, 2.24) is 19.7 Å². The van der Waals surface area contributed by atoms with Gasteiger partial charge in [0.1, 0.15) is 5.78 Å². The summed E-state index contributed by atoms with van der Waals surface area (Å²) >= 11 is 0. The predicted molar refractivity (Wildman–Crippen MR) is 84.8 cm³/mol. The van der Waals surface area contributed by atoms with Crippen LogP contribution in [0.15, 0.2) is 43.0 Å². The summed E-state index contributed by atoms with van der Waals surface area (Å²) in [6.45, 7) is 3.86. The average Bonchev–Trinajstić information content (AvgIpc) is 3.01. The molecule has 0 unspecified atom stereocenters. The molecular formula is C17H18N4O. The van der Waals surface area contributed by atoms with E-state index in [2.05, 4.69) is 15.1 Å². The van der Waals surface area contributed by atoms with Crippen molar-refractivity contribution in [3.05, 3.63) is 48.5 Å². The lowest BCUT2D eigenvalue weighted by atomic mass is 10.0. The molecule has 0 aliphatic carbocycles. The van der Waals surface area contributed by atoms with Crippen LogP contribution in [0.25, 0.3) is 16.7 Å². The summed E-state index contributed by atoms with van der Waals surface area (Å²) in [6.07, 6.45) is 8.43. The van der Waals surface area contributed by atoms with E-state index in [-0.39, 0.29) is 11.7 Å². The lowest BCUT2D eigenvalue weighted by molar-refractivity contribution is -0.121. The molecule has 0 aliphatic rings. The van der Waals surface area contributed by atoms with Crippen molar-refractivity contribution in [3.63, 3.8) is 0 Å². The van der Waals surface area contributed by atoms with E-state index in [1.165, 1.54) is 0 Å². The van der Waals surface area contributed by atoms with Crippen LogP contribution in [0.4, 0.5) is 0 Å². The summed E-state index contributed by atoms with van der Waals surface area (Å²) in [5.74, 6) is 0.378. The zero-order chi connectivity index (χ0) is 15.5. The van der Waals surface area contributed by atoms with E-state index < -0.39 is 0 Å². The van der Waals surface area contributed by atoms with Gasteiger partial charge in [0.15, 0.2) is 0 Å². The Morgan fingerprint density at radius 2 is 1.95 bits per heavy atom. The molecule has 0 N–H and O–H groups in total. The van der Waals surface area contributed by atoms with Crippen LogP contribution in [0, 0.1) is 5.92 Å². The average molecular weight is 294 g/mol. The monoisotopic (exact) mass is 294 g/mol. The van der Waals surface area contributed by atoms with Gasteiger partial charge in [0, 0.05) is 30.9 Å². The lowest BCUT2D eigenvalue weighted by Gasteiger charge is -2.03. The first-order valence-electron chi connectivity index (χ1n) is 7.41. The highest BCUT2D eigenvalue weighted by Crippen LogP contribution is 2.15. The summed E-state index contributed by atoms with van der Waals surface area (Å²) in [5, 5.41) is 4.37. The minimum atomic E-state index is 0.0918. The van der Waals surface area contributed by atoms with Gasteiger partial charge in [0.2, 0.25) is 0 Å². The topological polar surface area (TPSA) is 60.7 Å². The van der Waals surface area contributed by atoms with Gasteiger partial charge in [-0.1, -0.05) is 13.8 Å². The molecule has 0 radical (unpaired) electrons. The Balaban J connectivity index is 1.78. The van der Waals surface area contributed by atoms with E-state index >= 15 is 0 Å². The zero-order valence-corrected chi connectivity index (χ0v) is 12.7. The van der Waals surface area contributed by atoms with Crippen molar-refractivity contribution < 1.29 is 4.79 Å². The maximum absolute atomic E-state index is 11.7. The fraction of sp³-hybridized carbons (Fsp3) is 0.294. The Morgan fingerprint density at radius 1 is 1.18 bits per heavy atom. The van der Waals surface area contributed by atoms with Crippen molar-refractivity contribution >= 4 is 16.8 Å². The summed E-state index contributed by atoms with van der Waals surface area (Å²) in [5.41, 5.74) is 3.70. The van der Waals surface area contributed by atoms with Gasteiger partial charge in [-0.2, -0.15) is 5.10 Å². The van der Waals surface area contributed by atoms with Gasteiger partial charge in [-0.3, -0.25) is 14.8 Å². The number of nitrogens with zero attached hydrogens (tertiary/aromatic N) is 4. The van der Waals surface area contributed by atoms with Crippen LogP contribution in [-0.2, 0) is 11.2 Å². The maximum atomic E-state index is 11.7. The number of hydrogen-bond donors (Lipinski definition) is 0. The maximum Gasteiger partial charge on any atom is 0.135 e. The third kappa shape index (κ3) is 3.03. The van der Waals surface area contributed by atoms with E-state index in [0.717, 1.165) is 28.7 Å². The molecule has 2 aromatic heterocycles. The third-order valence-electron chi connectivity index (χ3n) is 3.66. The van der Waals surface area contributed by atoms with Crippen LogP contribution in [0.3, 0.4) is 0 Å². The SMILES string of the molecule is CC(C)C(=O)CCc1cnn(-c2ccc3nccnc3c2)c1. The summed E-state index contributed by atoms with van der Waals surface area (Å²) in [7, 11) is 0. The number of fused-ring (bicyclic) bond motifs is 1. The molecule has 0 saturated heterocycles. The third-order valence-corrected chi connectivity index (χ3v) is 3.66. The van der Waals surface area contributed by atoms with Crippen LogP contribution >= 0.6 is 0 Å². The van der Waals surface area contributed by atoms with Crippen LogP contribution in [0.1, 0.15) is 25.8 Å². The molecule has 5 nitrogen and oxygen atoms in total. The second-order valence-corrected chi connectivity index (χ2v) is 5.64. The molecule has 0 amide bonds. The van der Waals surface area contributed by atoms with Crippen LogP contribution in [0.2, 0.25) is 0 Å². The van der Waals surface area contributed by atoms with Gasteiger partial charge in [0.05, 0.1) is 22.9 Å². The van der Waals surface area contributed by atoms with Gasteiger partial charge < -0.3 is 0 Å². The molecule has 0 saturated carbocycles. The highest BCUT2D eigenvalue weighted by atomic mass is 16.1. The van der Waals surface area contributed by atoms with E-state index in [9.17, 15) is 4.79 Å². The van der Waals surface area contributed by atoms with Crippen molar-refractivity contribution in [1.29, 1.82) is 0 Å². The number of aromatic nitrogens is 4. The molecule has 0 atom stereocenters. The molecule has 3 rings (SSSR count). The first kappa shape index (κ1) is 14.4. The lowest BCUT2D eigenvalue weighted by Crippen LogP contribution is -2.07. The number of ketones is 1. The Labute approximate surface area is 129 Å². The van der Waals surface area contributed by atoms with E-state index in [1.807, 2.05) is 49.1 Å². The smallest absolute Gasteiger partial charge is 0.135 e. The number of carbonyl (C=O) groups excluding carboxylic acids is 1. The van der Waals surface area contributed by atoms with Gasteiger partial charge in [-0.25, -0.2) is 4.68 Å². The first-order valence-corrected chi connectivity index (χ1v) is 7.41. The molecule has 22 heavy (non-hydrogen) atoms. The van der Waals surface area contributed by atoms with E-state index in [4.69, 9.17) is 0 Å².